The Bertz CT molecular complexity index is 681. The van der Waals surface area contributed by atoms with Gasteiger partial charge in [0.25, 0.3) is 0 Å². The quantitative estimate of drug-likeness (QED) is 0.242. The number of nitrogens with one attached hydrogen (secondary N) is 3. The van der Waals surface area contributed by atoms with Gasteiger partial charge in [-0.05, 0) is 64.7 Å². The van der Waals surface area contributed by atoms with E-state index in [1.54, 1.807) is 0 Å². The van der Waals surface area contributed by atoms with E-state index in [-0.39, 0.29) is 24.0 Å². The number of anilines is 1. The lowest BCUT2D eigenvalue weighted by molar-refractivity contribution is 0.0573. The zero-order valence-electron chi connectivity index (χ0n) is 18.6. The number of nitrogens with zero attached hydrogens (tertiary/aromatic N) is 1. The van der Waals surface area contributed by atoms with Crippen LogP contribution in [0.3, 0.4) is 0 Å². The van der Waals surface area contributed by atoms with Crippen LogP contribution in [0.15, 0.2) is 29.3 Å². The van der Waals surface area contributed by atoms with Gasteiger partial charge in [-0.3, -0.25) is 10.3 Å². The molecule has 30 heavy (non-hydrogen) atoms. The van der Waals surface area contributed by atoms with E-state index in [4.69, 9.17) is 4.74 Å². The first-order valence-corrected chi connectivity index (χ1v) is 10.5. The van der Waals surface area contributed by atoms with Crippen molar-refractivity contribution in [3.63, 3.8) is 0 Å². The zero-order valence-corrected chi connectivity index (χ0v) is 20.9. The third kappa shape index (κ3) is 9.97. The van der Waals surface area contributed by atoms with E-state index in [1.807, 2.05) is 52.0 Å². The van der Waals surface area contributed by atoms with Gasteiger partial charge in [0.15, 0.2) is 5.96 Å². The molecule has 7 nitrogen and oxygen atoms in total. The Morgan fingerprint density at radius 2 is 1.80 bits per heavy atom. The van der Waals surface area contributed by atoms with E-state index in [2.05, 4.69) is 20.9 Å². The summed E-state index contributed by atoms with van der Waals surface area (Å²) in [6.07, 6.45) is 4.19. The van der Waals surface area contributed by atoms with Crippen LogP contribution < -0.4 is 16.0 Å². The smallest absolute Gasteiger partial charge is 0.412 e. The molecular weight excluding hydrogens is 495 g/mol. The molecule has 0 radical (unpaired) electrons. The average molecular weight is 532 g/mol. The first-order chi connectivity index (χ1) is 13.7. The SMILES string of the molecule is CCNC(=NCC1(O)CCCC1)NCCc1ccc(NC(=O)OC(C)(C)C)cc1.I. The minimum Gasteiger partial charge on any atom is -0.444 e. The van der Waals surface area contributed by atoms with Crippen molar-refractivity contribution in [3.05, 3.63) is 29.8 Å². The summed E-state index contributed by atoms with van der Waals surface area (Å²) in [4.78, 5) is 16.4. The van der Waals surface area contributed by atoms with Gasteiger partial charge in [-0.25, -0.2) is 4.79 Å². The lowest BCUT2D eigenvalue weighted by atomic mass is 10.0. The number of rotatable bonds is 7. The number of ether oxygens (including phenoxy) is 1. The van der Waals surface area contributed by atoms with Crippen molar-refractivity contribution in [1.82, 2.24) is 10.6 Å². The van der Waals surface area contributed by atoms with Crippen LogP contribution >= 0.6 is 24.0 Å². The van der Waals surface area contributed by atoms with Crippen LogP contribution in [0.2, 0.25) is 0 Å². The van der Waals surface area contributed by atoms with E-state index in [0.29, 0.717) is 12.2 Å². The highest BCUT2D eigenvalue weighted by Crippen LogP contribution is 2.29. The largest absolute Gasteiger partial charge is 0.444 e. The standard InChI is InChI=1S/C22H36N4O3.HI/c1-5-23-19(25-16-22(28)13-6-7-14-22)24-15-12-17-8-10-18(11-9-17)26-20(27)29-21(2,3)4;/h8-11,28H,5-7,12-16H2,1-4H3,(H,26,27)(H2,23,24,25);1H. The second-order valence-corrected chi connectivity index (χ2v) is 8.63. The monoisotopic (exact) mass is 532 g/mol. The minimum absolute atomic E-state index is 0. The molecule has 1 saturated carbocycles. The highest BCUT2D eigenvalue weighted by atomic mass is 127. The molecule has 1 fully saturated rings. The predicted molar refractivity (Wildman–Crippen MR) is 133 cm³/mol. The third-order valence-electron chi connectivity index (χ3n) is 4.72. The maximum atomic E-state index is 11.8. The van der Waals surface area contributed by atoms with Crippen molar-refractivity contribution >= 4 is 41.7 Å². The number of hydrogen-bond acceptors (Lipinski definition) is 4. The van der Waals surface area contributed by atoms with Crippen LogP contribution in [0.25, 0.3) is 0 Å². The van der Waals surface area contributed by atoms with Crippen molar-refractivity contribution in [3.8, 4) is 0 Å². The summed E-state index contributed by atoms with van der Waals surface area (Å²) in [5.41, 5.74) is 0.696. The maximum Gasteiger partial charge on any atom is 0.412 e. The first-order valence-electron chi connectivity index (χ1n) is 10.5. The van der Waals surface area contributed by atoms with Gasteiger partial charge in [0.2, 0.25) is 0 Å². The molecule has 0 bridgehead atoms. The molecule has 1 aliphatic carbocycles. The summed E-state index contributed by atoms with van der Waals surface area (Å²) in [5.74, 6) is 0.732. The third-order valence-corrected chi connectivity index (χ3v) is 4.72. The summed E-state index contributed by atoms with van der Waals surface area (Å²) in [6.45, 7) is 9.47. The Morgan fingerprint density at radius 1 is 1.17 bits per heavy atom. The first kappa shape index (κ1) is 26.5. The van der Waals surface area contributed by atoms with Gasteiger partial charge in [0, 0.05) is 18.8 Å². The van der Waals surface area contributed by atoms with Crippen LogP contribution in [-0.4, -0.2) is 48.0 Å². The lowest BCUT2D eigenvalue weighted by Gasteiger charge is -2.20. The van der Waals surface area contributed by atoms with E-state index >= 15 is 0 Å². The van der Waals surface area contributed by atoms with Crippen LogP contribution in [0, 0.1) is 0 Å². The number of guanidine groups is 1. The number of carbonyl (C=O) groups excluding carboxylic acids is 1. The van der Waals surface area contributed by atoms with Crippen molar-refractivity contribution in [2.45, 2.75) is 71.0 Å². The molecule has 0 unspecified atom stereocenters. The molecule has 1 aromatic rings. The molecule has 8 heteroatoms. The van der Waals surface area contributed by atoms with E-state index in [9.17, 15) is 9.90 Å². The topological polar surface area (TPSA) is 95.0 Å². The molecule has 0 heterocycles. The normalized spacial score (nSPS) is 15.8. The summed E-state index contributed by atoms with van der Waals surface area (Å²) < 4.78 is 5.25. The van der Waals surface area contributed by atoms with E-state index < -0.39 is 17.3 Å². The number of hydrogen-bond donors (Lipinski definition) is 4. The number of aliphatic imine (C=N–C) groups is 1. The molecule has 0 aliphatic heterocycles. The maximum absolute atomic E-state index is 11.8. The van der Waals surface area contributed by atoms with Crippen molar-refractivity contribution in [2.75, 3.05) is 25.0 Å². The molecule has 0 saturated heterocycles. The molecule has 170 valence electrons. The van der Waals surface area contributed by atoms with Crippen molar-refractivity contribution in [1.29, 1.82) is 0 Å². The Hall–Kier alpha value is -1.55. The number of amides is 1. The Kier molecular flexibility index (Phi) is 10.9. The summed E-state index contributed by atoms with van der Waals surface area (Å²) >= 11 is 0. The molecule has 4 N–H and O–H groups in total. The van der Waals surface area contributed by atoms with E-state index in [0.717, 1.165) is 56.7 Å². The van der Waals surface area contributed by atoms with Crippen LogP contribution in [-0.2, 0) is 11.2 Å². The average Bonchev–Trinajstić information content (AvgIpc) is 3.06. The molecule has 1 amide bonds. The molecule has 1 aliphatic rings. The highest BCUT2D eigenvalue weighted by molar-refractivity contribution is 14.0. The van der Waals surface area contributed by atoms with E-state index in [1.165, 1.54) is 0 Å². The van der Waals surface area contributed by atoms with Crippen LogP contribution in [0.5, 0.6) is 0 Å². The van der Waals surface area contributed by atoms with Crippen molar-refractivity contribution in [2.24, 2.45) is 4.99 Å². The van der Waals surface area contributed by atoms with Crippen LogP contribution in [0.4, 0.5) is 10.5 Å². The van der Waals surface area contributed by atoms with Gasteiger partial charge < -0.3 is 20.5 Å². The Balaban J connectivity index is 0.00000450. The molecule has 0 spiro atoms. The van der Waals surface area contributed by atoms with Gasteiger partial charge >= 0.3 is 6.09 Å². The molecule has 2 rings (SSSR count). The molecule has 1 aromatic carbocycles. The molecule has 0 atom stereocenters. The van der Waals surface area contributed by atoms with Gasteiger partial charge in [-0.1, -0.05) is 25.0 Å². The number of halogens is 1. The highest BCUT2D eigenvalue weighted by Gasteiger charge is 2.30. The van der Waals surface area contributed by atoms with Gasteiger partial charge in [0.05, 0.1) is 12.1 Å². The fraction of sp³-hybridized carbons (Fsp3) is 0.636. The zero-order chi connectivity index (χ0) is 21.3. The van der Waals surface area contributed by atoms with Gasteiger partial charge in [-0.2, -0.15) is 0 Å². The second-order valence-electron chi connectivity index (χ2n) is 8.63. The summed E-state index contributed by atoms with van der Waals surface area (Å²) in [6, 6.07) is 7.71. The molecule has 0 aromatic heterocycles. The summed E-state index contributed by atoms with van der Waals surface area (Å²) in [7, 11) is 0. The Labute approximate surface area is 197 Å². The second kappa shape index (κ2) is 12.3. The number of carbonyl (C=O) groups is 1. The molecular formula is C22H37IN4O3. The fourth-order valence-electron chi connectivity index (χ4n) is 3.26. The fourth-order valence-corrected chi connectivity index (χ4v) is 3.26. The lowest BCUT2D eigenvalue weighted by Crippen LogP contribution is -2.40. The van der Waals surface area contributed by atoms with Gasteiger partial charge in [0.1, 0.15) is 5.60 Å². The minimum atomic E-state index is -0.640. The van der Waals surface area contributed by atoms with Crippen molar-refractivity contribution < 1.29 is 14.6 Å². The predicted octanol–water partition coefficient (Wildman–Crippen LogP) is 4.05. The van der Waals surface area contributed by atoms with Gasteiger partial charge in [-0.15, -0.1) is 24.0 Å². The Morgan fingerprint density at radius 3 is 2.37 bits per heavy atom. The van der Waals surface area contributed by atoms with Crippen LogP contribution in [0.1, 0.15) is 58.9 Å². The number of benzene rings is 1. The number of aliphatic hydroxyl groups is 1. The summed E-state index contributed by atoms with van der Waals surface area (Å²) in [5, 5.41) is 19.7.